The summed E-state index contributed by atoms with van der Waals surface area (Å²) in [6, 6.07) is 11.1. The Morgan fingerprint density at radius 2 is 1.69 bits per heavy atom. The Balaban J connectivity index is 2.03. The molecule has 1 fully saturated rings. The van der Waals surface area contributed by atoms with Crippen LogP contribution in [-0.2, 0) is 10.0 Å². The van der Waals surface area contributed by atoms with Gasteiger partial charge in [0.15, 0.2) is 11.5 Å². The van der Waals surface area contributed by atoms with Gasteiger partial charge in [0.05, 0.1) is 20.3 Å². The van der Waals surface area contributed by atoms with Crippen molar-refractivity contribution in [3.63, 3.8) is 0 Å². The van der Waals surface area contributed by atoms with E-state index >= 15 is 0 Å². The second-order valence-corrected chi connectivity index (χ2v) is 9.04. The molecule has 0 aliphatic carbocycles. The molecule has 0 N–H and O–H groups in total. The number of ether oxygens (including phenoxy) is 2. The van der Waals surface area contributed by atoms with Crippen LogP contribution < -0.4 is 9.47 Å². The molecular weight excluding hydrogens is 418 g/mol. The summed E-state index contributed by atoms with van der Waals surface area (Å²) in [4.78, 5) is 0.189. The van der Waals surface area contributed by atoms with Gasteiger partial charge in [0.1, 0.15) is 4.90 Å². The molecule has 0 radical (unpaired) electrons. The van der Waals surface area contributed by atoms with E-state index in [1.165, 1.54) is 20.3 Å². The van der Waals surface area contributed by atoms with Gasteiger partial charge in [0.2, 0.25) is 10.0 Å². The third-order valence-electron chi connectivity index (χ3n) is 4.69. The Labute approximate surface area is 163 Å². The molecule has 0 aromatic heterocycles. The first-order valence-corrected chi connectivity index (χ1v) is 10.6. The van der Waals surface area contributed by atoms with Crippen LogP contribution in [-0.4, -0.2) is 33.5 Å². The molecule has 1 saturated heterocycles. The fourth-order valence-electron chi connectivity index (χ4n) is 3.31. The van der Waals surface area contributed by atoms with Crippen molar-refractivity contribution < 1.29 is 17.9 Å². The molecular formula is C19H22BrNO4S. The van der Waals surface area contributed by atoms with Crippen molar-refractivity contribution in [1.82, 2.24) is 4.31 Å². The number of aryl methyl sites for hydroxylation is 1. The molecule has 0 bridgehead atoms. The van der Waals surface area contributed by atoms with Crippen LogP contribution in [0.5, 0.6) is 11.5 Å². The van der Waals surface area contributed by atoms with Gasteiger partial charge in [0.25, 0.3) is 0 Å². The number of nitrogens with zero attached hydrogens (tertiary/aromatic N) is 1. The molecule has 0 unspecified atom stereocenters. The van der Waals surface area contributed by atoms with Crippen molar-refractivity contribution >= 4 is 26.0 Å². The van der Waals surface area contributed by atoms with Crippen LogP contribution >= 0.6 is 15.9 Å². The quantitative estimate of drug-likeness (QED) is 0.696. The molecule has 0 spiro atoms. The highest BCUT2D eigenvalue weighted by Gasteiger charge is 2.37. The maximum atomic E-state index is 13.4. The molecule has 1 atom stereocenters. The van der Waals surface area contributed by atoms with Gasteiger partial charge in [-0.3, -0.25) is 0 Å². The van der Waals surface area contributed by atoms with E-state index in [1.54, 1.807) is 10.4 Å². The fourth-order valence-corrected chi connectivity index (χ4v) is 5.99. The summed E-state index contributed by atoms with van der Waals surface area (Å²) in [5, 5.41) is 0. The van der Waals surface area contributed by atoms with E-state index in [1.807, 2.05) is 31.2 Å². The molecule has 2 aromatic carbocycles. The lowest BCUT2D eigenvalue weighted by molar-refractivity contribution is 0.352. The number of methoxy groups -OCH3 is 2. The Morgan fingerprint density at radius 3 is 2.31 bits per heavy atom. The van der Waals surface area contributed by atoms with Crippen LogP contribution in [0.2, 0.25) is 0 Å². The molecule has 1 aliphatic rings. The van der Waals surface area contributed by atoms with Crippen molar-refractivity contribution in [2.45, 2.75) is 30.7 Å². The maximum Gasteiger partial charge on any atom is 0.244 e. The summed E-state index contributed by atoms with van der Waals surface area (Å²) in [6.45, 7) is 2.52. The van der Waals surface area contributed by atoms with E-state index in [-0.39, 0.29) is 10.9 Å². The first kappa shape index (κ1) is 19.2. The largest absolute Gasteiger partial charge is 0.493 e. The summed E-state index contributed by atoms with van der Waals surface area (Å²) in [7, 11) is -0.670. The van der Waals surface area contributed by atoms with Crippen molar-refractivity contribution in [2.24, 2.45) is 0 Å². The van der Waals surface area contributed by atoms with Gasteiger partial charge in [0, 0.05) is 17.1 Å². The lowest BCUT2D eigenvalue weighted by Crippen LogP contribution is -2.31. The second-order valence-electron chi connectivity index (χ2n) is 6.32. The maximum absolute atomic E-state index is 13.4. The lowest BCUT2D eigenvalue weighted by Gasteiger charge is -2.25. The van der Waals surface area contributed by atoms with E-state index in [0.717, 1.165) is 24.0 Å². The minimum Gasteiger partial charge on any atom is -0.493 e. The van der Waals surface area contributed by atoms with Crippen molar-refractivity contribution in [3.05, 3.63) is 52.0 Å². The molecule has 1 heterocycles. The molecule has 26 heavy (non-hydrogen) atoms. The molecule has 5 nitrogen and oxygen atoms in total. The van der Waals surface area contributed by atoms with E-state index in [9.17, 15) is 8.42 Å². The first-order chi connectivity index (χ1) is 12.4. The number of hydrogen-bond acceptors (Lipinski definition) is 4. The van der Waals surface area contributed by atoms with Crippen molar-refractivity contribution in [2.75, 3.05) is 20.8 Å². The average molecular weight is 440 g/mol. The summed E-state index contributed by atoms with van der Waals surface area (Å²) in [6.07, 6.45) is 1.65. The van der Waals surface area contributed by atoms with Gasteiger partial charge < -0.3 is 9.47 Å². The molecule has 140 valence electrons. The Bertz CT molecular complexity index is 897. The average Bonchev–Trinajstić information content (AvgIpc) is 3.12. The zero-order valence-electron chi connectivity index (χ0n) is 15.0. The molecule has 7 heteroatoms. The zero-order chi connectivity index (χ0) is 18.9. The second kappa shape index (κ2) is 7.58. The third-order valence-corrected chi connectivity index (χ3v) is 7.56. The minimum absolute atomic E-state index is 0.152. The van der Waals surface area contributed by atoms with Crippen LogP contribution in [0.3, 0.4) is 0 Å². The van der Waals surface area contributed by atoms with E-state index in [4.69, 9.17) is 9.47 Å². The lowest BCUT2D eigenvalue weighted by atomic mass is 10.0. The molecule has 0 amide bonds. The number of halogens is 1. The predicted octanol–water partition coefficient (Wildman–Crippen LogP) is 4.30. The van der Waals surface area contributed by atoms with Gasteiger partial charge in [-0.15, -0.1) is 0 Å². The monoisotopic (exact) mass is 439 g/mol. The van der Waals surface area contributed by atoms with Gasteiger partial charge >= 0.3 is 0 Å². The SMILES string of the molecule is COc1cc(Br)c(S(=O)(=O)N2CCC[C@@H]2c2ccc(C)cc2)cc1OC. The fraction of sp³-hybridized carbons (Fsp3) is 0.368. The Hall–Kier alpha value is -1.57. The minimum atomic E-state index is -3.68. The highest BCUT2D eigenvalue weighted by molar-refractivity contribution is 9.10. The van der Waals surface area contributed by atoms with E-state index < -0.39 is 10.0 Å². The first-order valence-electron chi connectivity index (χ1n) is 8.38. The normalized spacial score (nSPS) is 18.1. The topological polar surface area (TPSA) is 55.8 Å². The van der Waals surface area contributed by atoms with Crippen LogP contribution in [0.4, 0.5) is 0 Å². The van der Waals surface area contributed by atoms with Gasteiger partial charge in [-0.1, -0.05) is 29.8 Å². The predicted molar refractivity (Wildman–Crippen MR) is 104 cm³/mol. The van der Waals surface area contributed by atoms with E-state index in [0.29, 0.717) is 22.5 Å². The van der Waals surface area contributed by atoms with Crippen molar-refractivity contribution in [3.8, 4) is 11.5 Å². The molecule has 2 aromatic rings. The summed E-state index contributed by atoms with van der Waals surface area (Å²) >= 11 is 3.38. The highest BCUT2D eigenvalue weighted by Crippen LogP contribution is 2.41. The standard InChI is InChI=1S/C19H22BrNO4S/c1-13-6-8-14(9-7-13)16-5-4-10-21(16)26(22,23)19-12-18(25-3)17(24-2)11-15(19)20/h6-9,11-12,16H,4-5,10H2,1-3H3/t16-/m1/s1. The smallest absolute Gasteiger partial charge is 0.244 e. The van der Waals surface area contributed by atoms with Gasteiger partial charge in [-0.05, 0) is 47.3 Å². The summed E-state index contributed by atoms with van der Waals surface area (Å²) in [5.74, 6) is 0.871. The molecule has 3 rings (SSSR count). The number of sulfonamides is 1. The van der Waals surface area contributed by atoms with Crippen LogP contribution in [0.15, 0.2) is 45.8 Å². The number of rotatable bonds is 5. The van der Waals surface area contributed by atoms with Gasteiger partial charge in [-0.2, -0.15) is 4.31 Å². The van der Waals surface area contributed by atoms with Crippen LogP contribution in [0.1, 0.15) is 30.0 Å². The van der Waals surface area contributed by atoms with Crippen LogP contribution in [0, 0.1) is 6.92 Å². The van der Waals surface area contributed by atoms with Crippen LogP contribution in [0.25, 0.3) is 0 Å². The Morgan fingerprint density at radius 1 is 1.08 bits per heavy atom. The highest BCUT2D eigenvalue weighted by atomic mass is 79.9. The van der Waals surface area contributed by atoms with Gasteiger partial charge in [-0.25, -0.2) is 8.42 Å². The molecule has 0 saturated carbocycles. The van der Waals surface area contributed by atoms with E-state index in [2.05, 4.69) is 15.9 Å². The number of benzene rings is 2. The third kappa shape index (κ3) is 3.48. The molecule has 1 aliphatic heterocycles. The number of hydrogen-bond donors (Lipinski definition) is 0. The van der Waals surface area contributed by atoms with Crippen molar-refractivity contribution in [1.29, 1.82) is 0 Å². The summed E-state index contributed by atoms with van der Waals surface area (Å²) < 4.78 is 39.3. The zero-order valence-corrected chi connectivity index (χ0v) is 17.4. The summed E-state index contributed by atoms with van der Waals surface area (Å²) in [5.41, 5.74) is 2.18. The Kier molecular flexibility index (Phi) is 5.60.